The standard InChI is InChI=1S/2C8H11.C2H6Si.2ClH.Ti/c2*1-6-4-5-7(2)8(6)3;1-3-2;;;/h2*4H2,1-3H3;1-2H3;2*1H;/q;;;;;+2/p-2. The summed E-state index contributed by atoms with van der Waals surface area (Å²) in [5.41, 5.74) is 9.75. The van der Waals surface area contributed by atoms with E-state index in [1.165, 1.54) is 12.8 Å². The Balaban J connectivity index is 0.00000220. The van der Waals surface area contributed by atoms with Gasteiger partial charge in [0.25, 0.3) is 0 Å². The molecule has 2 rings (SSSR count). The Bertz CT molecular complexity index is 592. The van der Waals surface area contributed by atoms with E-state index in [-0.39, 0.29) is 31.0 Å². The third kappa shape index (κ3) is 3.92. The zero-order chi connectivity index (χ0) is 15.2. The molecular weight excluding hydrogens is 363 g/mol. The van der Waals surface area contributed by atoms with E-state index in [2.05, 4.69) is 54.6 Å². The molecule has 0 unspecified atom stereocenters. The Labute approximate surface area is 155 Å². The summed E-state index contributed by atoms with van der Waals surface area (Å²) in [6.45, 7) is 19.2. The molecule has 0 aromatic carbocycles. The van der Waals surface area contributed by atoms with Crippen LogP contribution in [0.2, 0.25) is 13.1 Å². The molecule has 0 heterocycles. The smallest absolute Gasteiger partial charge is 1.00 e. The van der Waals surface area contributed by atoms with Gasteiger partial charge in [-0.2, -0.15) is 0 Å². The van der Waals surface area contributed by atoms with Crippen LogP contribution in [0.3, 0.4) is 0 Å². The normalized spacial score (nSPS) is 17.6. The van der Waals surface area contributed by atoms with Gasteiger partial charge in [-0.05, 0) is 0 Å². The maximum Gasteiger partial charge on any atom is -1.00 e. The molecule has 2 aliphatic carbocycles. The molecule has 0 nitrogen and oxygen atoms in total. The van der Waals surface area contributed by atoms with Gasteiger partial charge < -0.3 is 24.8 Å². The third-order valence-corrected chi connectivity index (χ3v) is 17.1. The van der Waals surface area contributed by atoms with E-state index in [1.807, 2.05) is 7.76 Å². The maximum atomic E-state index is 2.56. The van der Waals surface area contributed by atoms with E-state index in [0.29, 0.717) is 0 Å². The zero-order valence-electron chi connectivity index (χ0n) is 15.2. The molecule has 0 amide bonds. The van der Waals surface area contributed by atoms with Crippen molar-refractivity contribution in [2.75, 3.05) is 0 Å². The molecule has 0 aliphatic heterocycles. The number of halogens is 2. The molecule has 22 heavy (non-hydrogen) atoms. The Morgan fingerprint density at radius 2 is 0.955 bits per heavy atom. The van der Waals surface area contributed by atoms with Gasteiger partial charge in [0.15, 0.2) is 0 Å². The molecule has 0 aromatic heterocycles. The number of hydrogen-bond acceptors (Lipinski definition) is 0. The molecule has 0 saturated heterocycles. The first-order valence-corrected chi connectivity index (χ1v) is 14.1. The van der Waals surface area contributed by atoms with Crippen molar-refractivity contribution in [3.63, 3.8) is 0 Å². The van der Waals surface area contributed by atoms with Crippen LogP contribution >= 0.6 is 0 Å². The van der Waals surface area contributed by atoms with E-state index in [9.17, 15) is 0 Å². The van der Waals surface area contributed by atoms with Crippen LogP contribution in [0.1, 0.15) is 54.4 Å². The molecule has 4 heteroatoms. The fourth-order valence-electron chi connectivity index (χ4n) is 3.49. The van der Waals surface area contributed by atoms with Crippen molar-refractivity contribution in [3.8, 4) is 0 Å². The van der Waals surface area contributed by atoms with Crippen LogP contribution < -0.4 is 24.8 Å². The Hall–Kier alpha value is 0.471. The van der Waals surface area contributed by atoms with E-state index in [0.717, 1.165) is 0 Å². The maximum absolute atomic E-state index is 2.56. The minimum Gasteiger partial charge on any atom is -1.00 e. The van der Waals surface area contributed by atoms with Crippen molar-refractivity contribution in [2.24, 2.45) is 0 Å². The Morgan fingerprint density at radius 1 is 0.636 bits per heavy atom. The molecule has 0 saturated carbocycles. The molecule has 122 valence electrons. The van der Waals surface area contributed by atoms with E-state index in [4.69, 9.17) is 0 Å². The second-order valence-electron chi connectivity index (χ2n) is 6.75. The minimum absolute atomic E-state index is 0. The van der Waals surface area contributed by atoms with E-state index >= 15 is 0 Å². The minimum atomic E-state index is -1.23. The van der Waals surface area contributed by atoms with Crippen molar-refractivity contribution >= 4 is 6.19 Å². The first kappa shape index (κ1) is 22.5. The second-order valence-corrected chi connectivity index (χ2v) is 18.5. The van der Waals surface area contributed by atoms with Crippen LogP contribution in [0.15, 0.2) is 41.2 Å². The van der Waals surface area contributed by atoms with Gasteiger partial charge in [0.2, 0.25) is 0 Å². The summed E-state index contributed by atoms with van der Waals surface area (Å²) in [6, 6.07) is 0. The summed E-state index contributed by atoms with van der Waals surface area (Å²) >= 11 is -1.23. The van der Waals surface area contributed by atoms with Gasteiger partial charge in [0.1, 0.15) is 0 Å². The first-order chi connectivity index (χ1) is 9.25. The topological polar surface area (TPSA) is 0 Å². The third-order valence-electron chi connectivity index (χ3n) is 5.30. The molecule has 0 N–H and O–H groups in total. The van der Waals surface area contributed by atoms with Gasteiger partial charge >= 0.3 is 131 Å². The average molecular weight is 391 g/mol. The summed E-state index contributed by atoms with van der Waals surface area (Å²) in [5, 5.41) is 0. The van der Waals surface area contributed by atoms with Crippen LogP contribution in [0, 0.1) is 0 Å². The molecule has 0 fully saturated rings. The van der Waals surface area contributed by atoms with E-state index in [1.54, 1.807) is 33.4 Å². The van der Waals surface area contributed by atoms with Gasteiger partial charge in [-0.15, -0.1) is 0 Å². The average Bonchev–Trinajstić information content (AvgIpc) is 2.76. The molecule has 0 bridgehead atoms. The largest absolute Gasteiger partial charge is 1.00 e. The second kappa shape index (κ2) is 8.53. The predicted octanol–water partition coefficient (Wildman–Crippen LogP) is -0.108. The summed E-state index contributed by atoms with van der Waals surface area (Å²) in [5.74, 6) is 0. The summed E-state index contributed by atoms with van der Waals surface area (Å²) in [6.07, 6.45) is 2.38. The number of allylic oxidation sites excluding steroid dienone is 8. The van der Waals surface area contributed by atoms with Crippen molar-refractivity contribution in [1.82, 2.24) is 0 Å². The molecule has 0 atom stereocenters. The Kier molecular flexibility index (Phi) is 8.72. The van der Waals surface area contributed by atoms with Crippen molar-refractivity contribution in [3.05, 3.63) is 41.2 Å². The van der Waals surface area contributed by atoms with Crippen LogP contribution in [0.4, 0.5) is 0 Å². The number of rotatable bonds is 2. The van der Waals surface area contributed by atoms with Gasteiger partial charge in [-0.25, -0.2) is 0 Å². The van der Waals surface area contributed by atoms with Crippen LogP contribution in [0.5, 0.6) is 0 Å². The molecular formula is C18H28Cl2SiTi. The molecule has 0 radical (unpaired) electrons. The fraction of sp³-hybridized carbons (Fsp3) is 0.556. The van der Waals surface area contributed by atoms with Gasteiger partial charge in [-0.1, -0.05) is 0 Å². The zero-order valence-corrected chi connectivity index (χ0v) is 19.2. The van der Waals surface area contributed by atoms with Gasteiger partial charge in [0, 0.05) is 0 Å². The first-order valence-electron chi connectivity index (χ1n) is 7.66. The van der Waals surface area contributed by atoms with Gasteiger partial charge in [-0.3, -0.25) is 0 Å². The summed E-state index contributed by atoms with van der Waals surface area (Å²) < 4.78 is 3.80. The summed E-state index contributed by atoms with van der Waals surface area (Å²) in [4.78, 5) is 0. The number of hydrogen-bond donors (Lipinski definition) is 0. The fourth-order valence-corrected chi connectivity index (χ4v) is 16.3. The molecule has 0 aromatic rings. The molecule has 0 spiro atoms. The van der Waals surface area contributed by atoms with Crippen LogP contribution in [-0.2, 0) is 16.6 Å². The van der Waals surface area contributed by atoms with Crippen molar-refractivity contribution < 1.29 is 41.4 Å². The monoisotopic (exact) mass is 390 g/mol. The van der Waals surface area contributed by atoms with Crippen LogP contribution in [-0.4, -0.2) is 6.19 Å². The Morgan fingerprint density at radius 3 is 1.14 bits per heavy atom. The summed E-state index contributed by atoms with van der Waals surface area (Å²) in [7, 11) is 0. The van der Waals surface area contributed by atoms with Gasteiger partial charge in [0.05, 0.1) is 0 Å². The van der Waals surface area contributed by atoms with Crippen LogP contribution in [0.25, 0.3) is 0 Å². The SMILES string of the molecule is CC1=C(C)C(C)=[C]([Ti+2]([C]2=C(C)C(C)=C(C)C2)=[Si](C)C)C1.[Cl-].[Cl-]. The van der Waals surface area contributed by atoms with Crippen molar-refractivity contribution in [1.29, 1.82) is 0 Å². The van der Waals surface area contributed by atoms with E-state index < -0.39 is 16.6 Å². The molecule has 2 aliphatic rings. The quantitative estimate of drug-likeness (QED) is 0.577. The predicted molar refractivity (Wildman–Crippen MR) is 88.9 cm³/mol. The van der Waals surface area contributed by atoms with Crippen molar-refractivity contribution in [2.45, 2.75) is 67.5 Å².